The first-order valence-corrected chi connectivity index (χ1v) is 6.36. The summed E-state index contributed by atoms with van der Waals surface area (Å²) >= 11 is 1.50. The number of nitriles is 1. The molecule has 17 heavy (non-hydrogen) atoms. The number of aromatic nitrogens is 1. The smallest absolute Gasteiger partial charge is 0.152 e. The van der Waals surface area contributed by atoms with Crippen LogP contribution >= 0.6 is 11.3 Å². The zero-order valence-electron chi connectivity index (χ0n) is 9.14. The first kappa shape index (κ1) is 10.3. The van der Waals surface area contributed by atoms with Gasteiger partial charge in [-0.15, -0.1) is 11.3 Å². The van der Waals surface area contributed by atoms with E-state index in [1.54, 1.807) is 5.38 Å². The molecule has 84 valence electrons. The Balaban J connectivity index is 2.01. The Morgan fingerprint density at radius 1 is 1.41 bits per heavy atom. The van der Waals surface area contributed by atoms with E-state index in [0.717, 1.165) is 35.8 Å². The first-order chi connectivity index (χ1) is 8.36. The van der Waals surface area contributed by atoms with Gasteiger partial charge in [0.05, 0.1) is 6.61 Å². The Hall–Kier alpha value is -1.86. The summed E-state index contributed by atoms with van der Waals surface area (Å²) in [6.07, 6.45) is 2.12. The van der Waals surface area contributed by atoms with Gasteiger partial charge in [-0.3, -0.25) is 0 Å². The van der Waals surface area contributed by atoms with E-state index in [-0.39, 0.29) is 0 Å². The van der Waals surface area contributed by atoms with Gasteiger partial charge < -0.3 is 4.74 Å². The molecule has 0 radical (unpaired) electrons. The lowest BCUT2D eigenvalue weighted by Gasteiger charge is -2.17. The van der Waals surface area contributed by atoms with Crippen LogP contribution in [0, 0.1) is 11.3 Å². The zero-order chi connectivity index (χ0) is 11.7. The predicted molar refractivity (Wildman–Crippen MR) is 66.1 cm³/mol. The number of ether oxygens (including phenoxy) is 1. The van der Waals surface area contributed by atoms with Crippen LogP contribution in [-0.4, -0.2) is 11.6 Å². The van der Waals surface area contributed by atoms with Crippen molar-refractivity contribution in [1.29, 1.82) is 5.26 Å². The van der Waals surface area contributed by atoms with Gasteiger partial charge in [0, 0.05) is 10.9 Å². The van der Waals surface area contributed by atoms with Crippen LogP contribution in [0.1, 0.15) is 17.7 Å². The highest BCUT2D eigenvalue weighted by Crippen LogP contribution is 2.31. The second kappa shape index (κ2) is 4.19. The van der Waals surface area contributed by atoms with Crippen molar-refractivity contribution in [3.05, 3.63) is 34.8 Å². The predicted octanol–water partition coefficient (Wildman–Crippen LogP) is 3.01. The minimum Gasteiger partial charge on any atom is -0.493 e. The molecule has 1 aromatic carbocycles. The summed E-state index contributed by atoms with van der Waals surface area (Å²) in [4.78, 5) is 4.26. The number of rotatable bonds is 1. The van der Waals surface area contributed by atoms with E-state index in [4.69, 9.17) is 10.00 Å². The number of aryl methyl sites for hydroxylation is 1. The Morgan fingerprint density at radius 3 is 3.18 bits per heavy atom. The Labute approximate surface area is 103 Å². The van der Waals surface area contributed by atoms with E-state index in [1.165, 1.54) is 16.9 Å². The third-order valence-corrected chi connectivity index (χ3v) is 3.67. The second-order valence-electron chi connectivity index (χ2n) is 3.92. The van der Waals surface area contributed by atoms with E-state index >= 15 is 0 Å². The van der Waals surface area contributed by atoms with Crippen LogP contribution in [0.5, 0.6) is 5.75 Å². The largest absolute Gasteiger partial charge is 0.493 e. The van der Waals surface area contributed by atoms with Crippen molar-refractivity contribution in [2.75, 3.05) is 6.61 Å². The molecule has 2 aromatic rings. The summed E-state index contributed by atoms with van der Waals surface area (Å²) in [6.45, 7) is 0.808. The summed E-state index contributed by atoms with van der Waals surface area (Å²) in [5.41, 5.74) is 2.79. The van der Waals surface area contributed by atoms with E-state index in [1.807, 2.05) is 12.1 Å². The topological polar surface area (TPSA) is 45.9 Å². The molecule has 0 aliphatic carbocycles. The van der Waals surface area contributed by atoms with Gasteiger partial charge >= 0.3 is 0 Å². The highest BCUT2D eigenvalue weighted by molar-refractivity contribution is 7.13. The molecule has 1 aliphatic heterocycles. The molecular formula is C13H10N2OS. The number of thiazole rings is 1. The standard InChI is InChI=1S/C13H10N2OS/c14-7-11-8-17-13(15-11)10-3-4-12-9(6-10)2-1-5-16-12/h3-4,6,8H,1-2,5H2. The molecule has 0 saturated heterocycles. The Kier molecular flexibility index (Phi) is 2.54. The summed E-state index contributed by atoms with van der Waals surface area (Å²) in [5.74, 6) is 0.983. The highest BCUT2D eigenvalue weighted by Gasteiger charge is 2.12. The number of hydrogen-bond acceptors (Lipinski definition) is 4. The van der Waals surface area contributed by atoms with Gasteiger partial charge in [0.2, 0.25) is 0 Å². The SMILES string of the molecule is N#Cc1csc(-c2ccc3c(c2)CCCO3)n1. The van der Waals surface area contributed by atoms with Crippen LogP contribution < -0.4 is 4.74 Å². The van der Waals surface area contributed by atoms with Crippen molar-refractivity contribution in [3.8, 4) is 22.4 Å². The van der Waals surface area contributed by atoms with Crippen LogP contribution in [0.3, 0.4) is 0 Å². The van der Waals surface area contributed by atoms with Gasteiger partial charge in [0.1, 0.15) is 16.8 Å². The summed E-state index contributed by atoms with van der Waals surface area (Å²) < 4.78 is 5.57. The van der Waals surface area contributed by atoms with E-state index in [2.05, 4.69) is 17.1 Å². The summed E-state index contributed by atoms with van der Waals surface area (Å²) in [5, 5.41) is 11.4. The molecule has 0 spiro atoms. The fourth-order valence-electron chi connectivity index (χ4n) is 1.95. The van der Waals surface area contributed by atoms with Gasteiger partial charge in [0.15, 0.2) is 5.69 Å². The van der Waals surface area contributed by atoms with E-state index in [0.29, 0.717) is 5.69 Å². The lowest BCUT2D eigenvalue weighted by molar-refractivity contribution is 0.288. The fourth-order valence-corrected chi connectivity index (χ4v) is 2.69. The maximum atomic E-state index is 8.76. The third kappa shape index (κ3) is 1.90. The highest BCUT2D eigenvalue weighted by atomic mass is 32.1. The molecule has 3 nitrogen and oxygen atoms in total. The van der Waals surface area contributed by atoms with Crippen LogP contribution in [0.2, 0.25) is 0 Å². The van der Waals surface area contributed by atoms with Crippen molar-refractivity contribution in [1.82, 2.24) is 4.98 Å². The van der Waals surface area contributed by atoms with Crippen LogP contribution in [0.4, 0.5) is 0 Å². The average Bonchev–Trinajstić information content (AvgIpc) is 2.87. The van der Waals surface area contributed by atoms with Gasteiger partial charge in [-0.25, -0.2) is 4.98 Å². The Morgan fingerprint density at radius 2 is 2.35 bits per heavy atom. The average molecular weight is 242 g/mol. The molecule has 4 heteroatoms. The number of hydrogen-bond donors (Lipinski definition) is 0. The monoisotopic (exact) mass is 242 g/mol. The molecule has 0 amide bonds. The number of fused-ring (bicyclic) bond motifs is 1. The molecule has 3 rings (SSSR count). The molecular weight excluding hydrogens is 232 g/mol. The summed E-state index contributed by atoms with van der Waals surface area (Å²) in [7, 11) is 0. The zero-order valence-corrected chi connectivity index (χ0v) is 9.96. The minimum absolute atomic E-state index is 0.485. The maximum absolute atomic E-state index is 8.76. The van der Waals surface area contributed by atoms with Gasteiger partial charge in [-0.1, -0.05) is 0 Å². The number of benzene rings is 1. The summed E-state index contributed by atoms with van der Waals surface area (Å²) in [6, 6.07) is 8.17. The molecule has 0 saturated carbocycles. The Bertz CT molecular complexity index is 598. The van der Waals surface area contributed by atoms with Crippen molar-refractivity contribution < 1.29 is 4.74 Å². The molecule has 0 bridgehead atoms. The number of nitrogens with zero attached hydrogens (tertiary/aromatic N) is 2. The fraction of sp³-hybridized carbons (Fsp3) is 0.231. The molecule has 1 aromatic heterocycles. The molecule has 1 aliphatic rings. The van der Waals surface area contributed by atoms with Crippen molar-refractivity contribution in [3.63, 3.8) is 0 Å². The van der Waals surface area contributed by atoms with Crippen LogP contribution in [-0.2, 0) is 6.42 Å². The van der Waals surface area contributed by atoms with Gasteiger partial charge in [-0.2, -0.15) is 5.26 Å². The second-order valence-corrected chi connectivity index (χ2v) is 4.78. The molecule has 2 heterocycles. The molecule has 0 N–H and O–H groups in total. The van der Waals surface area contributed by atoms with Gasteiger partial charge in [0.25, 0.3) is 0 Å². The first-order valence-electron chi connectivity index (χ1n) is 5.48. The molecule has 0 atom stereocenters. The normalized spacial score (nSPS) is 13.6. The quantitative estimate of drug-likeness (QED) is 0.772. The van der Waals surface area contributed by atoms with E-state index in [9.17, 15) is 0 Å². The molecule has 0 fully saturated rings. The van der Waals surface area contributed by atoms with Crippen LogP contribution in [0.25, 0.3) is 10.6 Å². The molecule has 0 unspecified atom stereocenters. The van der Waals surface area contributed by atoms with Crippen molar-refractivity contribution in [2.24, 2.45) is 0 Å². The maximum Gasteiger partial charge on any atom is 0.152 e. The lowest BCUT2D eigenvalue weighted by Crippen LogP contribution is -2.07. The lowest BCUT2D eigenvalue weighted by atomic mass is 10.0. The van der Waals surface area contributed by atoms with Crippen molar-refractivity contribution >= 4 is 11.3 Å². The van der Waals surface area contributed by atoms with Crippen molar-refractivity contribution in [2.45, 2.75) is 12.8 Å². The van der Waals surface area contributed by atoms with E-state index < -0.39 is 0 Å². The van der Waals surface area contributed by atoms with Gasteiger partial charge in [-0.05, 0) is 36.6 Å². The third-order valence-electron chi connectivity index (χ3n) is 2.77. The minimum atomic E-state index is 0.485. The van der Waals surface area contributed by atoms with Crippen LogP contribution in [0.15, 0.2) is 23.6 Å².